The number of hydrogen-bond donors (Lipinski definition) is 2. The summed E-state index contributed by atoms with van der Waals surface area (Å²) >= 11 is 0. The Hall–Kier alpha value is -2.08. The minimum atomic E-state index is -4.55. The molecule has 3 N–H and O–H groups in total. The normalized spacial score (nSPS) is 13.2. The number of aromatic hydroxyl groups is 1. The zero-order valence-electron chi connectivity index (χ0n) is 10.9. The molecule has 0 aliphatic carbocycles. The SMILES string of the molecule is NC(Cc1cccc(O)c1)c1cc(C(F)(F)F)ccc1F. The molecular weight excluding hydrogens is 286 g/mol. The van der Waals surface area contributed by atoms with E-state index in [9.17, 15) is 22.7 Å². The fourth-order valence-electron chi connectivity index (χ4n) is 2.05. The second-order valence-corrected chi connectivity index (χ2v) is 4.71. The third-order valence-electron chi connectivity index (χ3n) is 3.09. The second-order valence-electron chi connectivity index (χ2n) is 4.71. The number of alkyl halides is 3. The van der Waals surface area contributed by atoms with Gasteiger partial charge in [-0.2, -0.15) is 13.2 Å². The molecule has 0 saturated heterocycles. The molecule has 0 saturated carbocycles. The summed E-state index contributed by atoms with van der Waals surface area (Å²) in [5.74, 6) is -0.764. The largest absolute Gasteiger partial charge is 0.508 e. The molecule has 0 aromatic heterocycles. The molecule has 2 nitrogen and oxygen atoms in total. The Labute approximate surface area is 118 Å². The van der Waals surface area contributed by atoms with E-state index >= 15 is 0 Å². The van der Waals surface area contributed by atoms with Gasteiger partial charge in [-0.3, -0.25) is 0 Å². The van der Waals surface area contributed by atoms with Crippen LogP contribution in [0.2, 0.25) is 0 Å². The van der Waals surface area contributed by atoms with Gasteiger partial charge in [0.2, 0.25) is 0 Å². The quantitative estimate of drug-likeness (QED) is 0.847. The third kappa shape index (κ3) is 3.72. The first-order valence-corrected chi connectivity index (χ1v) is 6.17. The Morgan fingerprint density at radius 2 is 1.81 bits per heavy atom. The molecule has 1 atom stereocenters. The van der Waals surface area contributed by atoms with Crippen LogP contribution in [0.15, 0.2) is 42.5 Å². The standard InChI is InChI=1S/C15H13F4NO/c16-13-5-4-10(15(17,18)19)8-12(13)14(20)7-9-2-1-3-11(21)6-9/h1-6,8,14,21H,7,20H2. The average Bonchev–Trinajstić information content (AvgIpc) is 2.37. The van der Waals surface area contributed by atoms with Gasteiger partial charge in [0.15, 0.2) is 0 Å². The molecule has 0 spiro atoms. The minimum Gasteiger partial charge on any atom is -0.508 e. The van der Waals surface area contributed by atoms with Gasteiger partial charge in [-0.15, -0.1) is 0 Å². The van der Waals surface area contributed by atoms with Crippen molar-refractivity contribution >= 4 is 0 Å². The molecule has 0 heterocycles. The molecule has 21 heavy (non-hydrogen) atoms. The first-order chi connectivity index (χ1) is 9.77. The van der Waals surface area contributed by atoms with Crippen molar-refractivity contribution in [1.29, 1.82) is 0 Å². The van der Waals surface area contributed by atoms with Gasteiger partial charge in [0.1, 0.15) is 11.6 Å². The zero-order chi connectivity index (χ0) is 15.6. The van der Waals surface area contributed by atoms with Gasteiger partial charge < -0.3 is 10.8 Å². The van der Waals surface area contributed by atoms with Crippen LogP contribution < -0.4 is 5.73 Å². The lowest BCUT2D eigenvalue weighted by atomic mass is 9.97. The summed E-state index contributed by atoms with van der Waals surface area (Å²) in [6.07, 6.45) is -4.43. The Balaban J connectivity index is 2.28. The summed E-state index contributed by atoms with van der Waals surface area (Å²) in [6, 6.07) is 7.37. The van der Waals surface area contributed by atoms with E-state index in [4.69, 9.17) is 5.73 Å². The van der Waals surface area contributed by atoms with Crippen LogP contribution in [0.4, 0.5) is 17.6 Å². The minimum absolute atomic E-state index is 0.0178. The lowest BCUT2D eigenvalue weighted by Gasteiger charge is -2.16. The average molecular weight is 299 g/mol. The summed E-state index contributed by atoms with van der Waals surface area (Å²) in [5.41, 5.74) is 5.27. The Morgan fingerprint density at radius 3 is 2.43 bits per heavy atom. The predicted octanol–water partition coefficient (Wildman–Crippen LogP) is 3.79. The van der Waals surface area contributed by atoms with E-state index in [2.05, 4.69) is 0 Å². The van der Waals surface area contributed by atoms with Crippen molar-refractivity contribution in [2.75, 3.05) is 0 Å². The Bertz CT molecular complexity index is 640. The number of halogens is 4. The van der Waals surface area contributed by atoms with E-state index in [1.54, 1.807) is 12.1 Å². The van der Waals surface area contributed by atoms with Crippen molar-refractivity contribution in [3.05, 3.63) is 65.0 Å². The molecule has 0 aliphatic rings. The van der Waals surface area contributed by atoms with Crippen molar-refractivity contribution in [1.82, 2.24) is 0 Å². The fourth-order valence-corrected chi connectivity index (χ4v) is 2.05. The maximum Gasteiger partial charge on any atom is 0.416 e. The van der Waals surface area contributed by atoms with E-state index in [1.165, 1.54) is 12.1 Å². The maximum atomic E-state index is 13.7. The maximum absolute atomic E-state index is 13.7. The zero-order valence-corrected chi connectivity index (χ0v) is 10.9. The van der Waals surface area contributed by atoms with Crippen molar-refractivity contribution < 1.29 is 22.7 Å². The van der Waals surface area contributed by atoms with Crippen LogP contribution in [0.5, 0.6) is 5.75 Å². The molecule has 2 aromatic carbocycles. The summed E-state index contributed by atoms with van der Waals surface area (Å²) in [4.78, 5) is 0. The van der Waals surface area contributed by atoms with Gasteiger partial charge in [-0.1, -0.05) is 12.1 Å². The van der Waals surface area contributed by atoms with Crippen LogP contribution in [-0.4, -0.2) is 5.11 Å². The van der Waals surface area contributed by atoms with E-state index in [0.717, 1.165) is 12.1 Å². The van der Waals surface area contributed by atoms with Gasteiger partial charge in [-0.05, 0) is 42.3 Å². The molecule has 1 unspecified atom stereocenters. The predicted molar refractivity (Wildman–Crippen MR) is 70.1 cm³/mol. The number of phenols is 1. The summed E-state index contributed by atoms with van der Waals surface area (Å²) in [6.45, 7) is 0. The highest BCUT2D eigenvalue weighted by Crippen LogP contribution is 2.32. The van der Waals surface area contributed by atoms with Crippen LogP contribution in [0.3, 0.4) is 0 Å². The molecule has 2 rings (SSSR count). The van der Waals surface area contributed by atoms with Crippen LogP contribution in [0, 0.1) is 5.82 Å². The monoisotopic (exact) mass is 299 g/mol. The van der Waals surface area contributed by atoms with Gasteiger partial charge >= 0.3 is 6.18 Å². The van der Waals surface area contributed by atoms with E-state index in [1.807, 2.05) is 0 Å². The molecule has 0 amide bonds. The molecular formula is C15H13F4NO. The first-order valence-electron chi connectivity index (χ1n) is 6.17. The smallest absolute Gasteiger partial charge is 0.416 e. The highest BCUT2D eigenvalue weighted by molar-refractivity contribution is 5.32. The topological polar surface area (TPSA) is 46.2 Å². The van der Waals surface area contributed by atoms with Crippen molar-refractivity contribution in [3.8, 4) is 5.75 Å². The van der Waals surface area contributed by atoms with Crippen LogP contribution in [0.1, 0.15) is 22.7 Å². The lowest BCUT2D eigenvalue weighted by molar-refractivity contribution is -0.137. The highest BCUT2D eigenvalue weighted by atomic mass is 19.4. The number of rotatable bonds is 3. The van der Waals surface area contributed by atoms with Gasteiger partial charge in [0.25, 0.3) is 0 Å². The molecule has 0 radical (unpaired) electrons. The first kappa shape index (κ1) is 15.3. The second kappa shape index (κ2) is 5.73. The number of nitrogens with two attached hydrogens (primary N) is 1. The van der Waals surface area contributed by atoms with Crippen molar-refractivity contribution in [3.63, 3.8) is 0 Å². The van der Waals surface area contributed by atoms with Crippen LogP contribution in [0.25, 0.3) is 0 Å². The van der Waals surface area contributed by atoms with E-state index in [-0.39, 0.29) is 17.7 Å². The van der Waals surface area contributed by atoms with Gasteiger partial charge in [0, 0.05) is 11.6 Å². The fraction of sp³-hybridized carbons (Fsp3) is 0.200. The van der Waals surface area contributed by atoms with Gasteiger partial charge in [-0.25, -0.2) is 4.39 Å². The molecule has 0 fully saturated rings. The van der Waals surface area contributed by atoms with Crippen molar-refractivity contribution in [2.24, 2.45) is 5.73 Å². The lowest BCUT2D eigenvalue weighted by Crippen LogP contribution is -2.16. The number of phenolic OH excluding ortho intramolecular Hbond substituents is 1. The van der Waals surface area contributed by atoms with Crippen LogP contribution in [-0.2, 0) is 12.6 Å². The van der Waals surface area contributed by atoms with Gasteiger partial charge in [0.05, 0.1) is 5.56 Å². The molecule has 0 bridgehead atoms. The number of hydrogen-bond acceptors (Lipinski definition) is 2. The highest BCUT2D eigenvalue weighted by Gasteiger charge is 2.31. The number of benzene rings is 2. The molecule has 2 aromatic rings. The van der Waals surface area contributed by atoms with Crippen molar-refractivity contribution in [2.45, 2.75) is 18.6 Å². The summed E-state index contributed by atoms with van der Waals surface area (Å²) < 4.78 is 51.6. The van der Waals surface area contributed by atoms with E-state index < -0.39 is 23.6 Å². The summed E-state index contributed by atoms with van der Waals surface area (Å²) in [5, 5.41) is 9.34. The Morgan fingerprint density at radius 1 is 1.10 bits per heavy atom. The summed E-state index contributed by atoms with van der Waals surface area (Å²) in [7, 11) is 0. The third-order valence-corrected chi connectivity index (χ3v) is 3.09. The van der Waals surface area contributed by atoms with Crippen LogP contribution >= 0.6 is 0 Å². The molecule has 6 heteroatoms. The van der Waals surface area contributed by atoms with E-state index in [0.29, 0.717) is 11.6 Å². The molecule has 0 aliphatic heterocycles. The Kier molecular flexibility index (Phi) is 4.18. The molecule has 112 valence electrons.